The number of rotatable bonds is 8. The zero-order chi connectivity index (χ0) is 14.0. The molecule has 4 N–H and O–H groups in total. The molecule has 0 aliphatic rings. The summed E-state index contributed by atoms with van der Waals surface area (Å²) in [6, 6.07) is 0.331. The number of nitrogens with two attached hydrogens (primary N) is 1. The maximum Gasteiger partial charge on any atom is 0.206 e. The number of guanidine groups is 1. The Hall–Kier alpha value is -0.850. The van der Waals surface area contributed by atoms with E-state index >= 15 is 0 Å². The van der Waals surface area contributed by atoms with E-state index in [2.05, 4.69) is 48.6 Å². The van der Waals surface area contributed by atoms with Crippen molar-refractivity contribution in [2.75, 3.05) is 40.9 Å². The molecule has 0 saturated carbocycles. The first-order valence-electron chi connectivity index (χ1n) is 6.40. The van der Waals surface area contributed by atoms with Crippen molar-refractivity contribution in [2.45, 2.75) is 26.3 Å². The van der Waals surface area contributed by atoms with E-state index in [9.17, 15) is 0 Å². The lowest BCUT2D eigenvalue weighted by Crippen LogP contribution is -2.50. The van der Waals surface area contributed by atoms with Gasteiger partial charge in [-0.1, -0.05) is 13.8 Å². The van der Waals surface area contributed by atoms with Crippen LogP contribution in [0.4, 0.5) is 0 Å². The molecule has 0 spiro atoms. The summed E-state index contributed by atoms with van der Waals surface area (Å²) in [5.41, 5.74) is 2.60. The van der Waals surface area contributed by atoms with Crippen LogP contribution in [-0.4, -0.2) is 57.8 Å². The molecule has 0 amide bonds. The van der Waals surface area contributed by atoms with E-state index in [1.165, 1.54) is 0 Å². The lowest BCUT2D eigenvalue weighted by Gasteiger charge is -2.25. The monoisotopic (exact) mass is 259 g/mol. The second-order valence-corrected chi connectivity index (χ2v) is 5.10. The molecule has 0 aliphatic heterocycles. The molecular weight excluding hydrogens is 230 g/mol. The van der Waals surface area contributed by atoms with Crippen molar-refractivity contribution >= 4 is 5.96 Å². The Labute approximate surface area is 111 Å². The zero-order valence-corrected chi connectivity index (χ0v) is 12.4. The van der Waals surface area contributed by atoms with Crippen molar-refractivity contribution in [3.05, 3.63) is 0 Å². The maximum absolute atomic E-state index is 5.47. The van der Waals surface area contributed by atoms with Crippen molar-refractivity contribution < 1.29 is 4.74 Å². The topological polar surface area (TPSA) is 74.9 Å². The van der Waals surface area contributed by atoms with Gasteiger partial charge in [-0.15, -0.1) is 0 Å². The summed E-state index contributed by atoms with van der Waals surface area (Å²) in [4.78, 5) is 6.47. The number of hydrogen-bond donors (Lipinski definition) is 3. The van der Waals surface area contributed by atoms with E-state index in [0.717, 1.165) is 13.0 Å². The summed E-state index contributed by atoms with van der Waals surface area (Å²) in [5, 5.41) is 3.34. The van der Waals surface area contributed by atoms with Gasteiger partial charge >= 0.3 is 0 Å². The predicted molar refractivity (Wildman–Crippen MR) is 76.4 cm³/mol. The van der Waals surface area contributed by atoms with Gasteiger partial charge < -0.3 is 15.0 Å². The normalized spacial score (nSPS) is 14.1. The summed E-state index contributed by atoms with van der Waals surface area (Å²) in [5.74, 6) is 6.72. The Balaban J connectivity index is 4.36. The molecule has 0 aromatic rings. The molecule has 1 unspecified atom stereocenters. The van der Waals surface area contributed by atoms with E-state index in [4.69, 9.17) is 10.6 Å². The van der Waals surface area contributed by atoms with Gasteiger partial charge in [-0.25, -0.2) is 10.8 Å². The SMILES string of the molecule is COCCN=C(NN)NC(CC(C)C)CN(C)C. The molecule has 0 aromatic heterocycles. The predicted octanol–water partition coefficient (Wildman–Crippen LogP) is 0.0180. The van der Waals surface area contributed by atoms with Gasteiger partial charge in [0.1, 0.15) is 0 Å². The molecule has 0 aromatic carbocycles. The highest BCUT2D eigenvalue weighted by Crippen LogP contribution is 2.05. The third-order valence-corrected chi connectivity index (χ3v) is 2.38. The van der Waals surface area contributed by atoms with Crippen LogP contribution >= 0.6 is 0 Å². The van der Waals surface area contributed by atoms with Gasteiger partial charge in [-0.2, -0.15) is 0 Å². The average Bonchev–Trinajstić information content (AvgIpc) is 2.26. The minimum atomic E-state index is 0.331. The number of nitrogens with one attached hydrogen (secondary N) is 2. The van der Waals surface area contributed by atoms with Crippen LogP contribution in [0.15, 0.2) is 4.99 Å². The minimum absolute atomic E-state index is 0.331. The Kier molecular flexibility index (Phi) is 9.63. The first kappa shape index (κ1) is 17.2. The van der Waals surface area contributed by atoms with Crippen molar-refractivity contribution in [1.29, 1.82) is 0 Å². The van der Waals surface area contributed by atoms with Gasteiger partial charge in [0.05, 0.1) is 13.2 Å². The Morgan fingerprint density at radius 2 is 2.06 bits per heavy atom. The summed E-state index contributed by atoms with van der Waals surface area (Å²) < 4.78 is 4.96. The summed E-state index contributed by atoms with van der Waals surface area (Å²) in [6.45, 7) is 6.56. The van der Waals surface area contributed by atoms with Crippen LogP contribution in [0.2, 0.25) is 0 Å². The molecule has 0 saturated heterocycles. The largest absolute Gasteiger partial charge is 0.383 e. The van der Waals surface area contributed by atoms with Gasteiger partial charge in [0.25, 0.3) is 0 Å². The van der Waals surface area contributed by atoms with Crippen LogP contribution in [-0.2, 0) is 4.74 Å². The van der Waals surface area contributed by atoms with Crippen LogP contribution in [0.25, 0.3) is 0 Å². The molecule has 0 radical (unpaired) electrons. The Bertz CT molecular complexity index is 221. The molecule has 1 atom stereocenters. The zero-order valence-electron chi connectivity index (χ0n) is 12.4. The van der Waals surface area contributed by atoms with E-state index < -0.39 is 0 Å². The fraction of sp³-hybridized carbons (Fsp3) is 0.917. The van der Waals surface area contributed by atoms with Gasteiger partial charge in [0, 0.05) is 19.7 Å². The van der Waals surface area contributed by atoms with E-state index in [1.54, 1.807) is 7.11 Å². The first-order valence-corrected chi connectivity index (χ1v) is 6.40. The highest BCUT2D eigenvalue weighted by molar-refractivity contribution is 5.79. The van der Waals surface area contributed by atoms with Crippen molar-refractivity contribution in [1.82, 2.24) is 15.6 Å². The van der Waals surface area contributed by atoms with Crippen LogP contribution in [0, 0.1) is 5.92 Å². The molecule has 0 rings (SSSR count). The van der Waals surface area contributed by atoms with Crippen LogP contribution < -0.4 is 16.6 Å². The second-order valence-electron chi connectivity index (χ2n) is 5.10. The third-order valence-electron chi connectivity index (χ3n) is 2.38. The molecule has 0 fully saturated rings. The lowest BCUT2D eigenvalue weighted by molar-refractivity contribution is 0.207. The molecular formula is C12H29N5O. The quantitative estimate of drug-likeness (QED) is 0.188. The molecule has 108 valence electrons. The summed E-state index contributed by atoms with van der Waals surface area (Å²) in [7, 11) is 5.78. The molecule has 6 heteroatoms. The number of likely N-dealkylation sites (N-methyl/N-ethyl adjacent to an activating group) is 1. The number of nitrogens with zero attached hydrogens (tertiary/aromatic N) is 2. The first-order chi connectivity index (χ1) is 8.49. The van der Waals surface area contributed by atoms with Gasteiger partial charge in [0.15, 0.2) is 0 Å². The van der Waals surface area contributed by atoms with Gasteiger partial charge in [-0.05, 0) is 26.4 Å². The fourth-order valence-electron chi connectivity index (χ4n) is 1.76. The number of hydrazine groups is 1. The lowest BCUT2D eigenvalue weighted by atomic mass is 10.0. The number of hydrogen-bond acceptors (Lipinski definition) is 4. The summed E-state index contributed by atoms with van der Waals surface area (Å²) >= 11 is 0. The standard InChI is InChI=1S/C12H29N5O/c1-10(2)8-11(9-17(3)4)15-12(16-13)14-6-7-18-5/h10-11H,6-9,13H2,1-5H3,(H2,14,15,16). The van der Waals surface area contributed by atoms with Crippen LogP contribution in [0.3, 0.4) is 0 Å². The molecule has 18 heavy (non-hydrogen) atoms. The second kappa shape index (κ2) is 10.1. The summed E-state index contributed by atoms with van der Waals surface area (Å²) in [6.07, 6.45) is 1.07. The highest BCUT2D eigenvalue weighted by atomic mass is 16.5. The van der Waals surface area contributed by atoms with Gasteiger partial charge in [0.2, 0.25) is 5.96 Å². The smallest absolute Gasteiger partial charge is 0.206 e. The van der Waals surface area contributed by atoms with Crippen LogP contribution in [0.1, 0.15) is 20.3 Å². The minimum Gasteiger partial charge on any atom is -0.383 e. The van der Waals surface area contributed by atoms with Gasteiger partial charge in [-0.3, -0.25) is 5.43 Å². The van der Waals surface area contributed by atoms with Crippen molar-refractivity contribution in [3.8, 4) is 0 Å². The number of ether oxygens (including phenoxy) is 1. The van der Waals surface area contributed by atoms with E-state index in [1.807, 2.05) is 0 Å². The fourth-order valence-corrected chi connectivity index (χ4v) is 1.76. The maximum atomic E-state index is 5.47. The Morgan fingerprint density at radius 1 is 1.39 bits per heavy atom. The number of aliphatic imine (C=N–C) groups is 1. The highest BCUT2D eigenvalue weighted by Gasteiger charge is 2.13. The van der Waals surface area contributed by atoms with Crippen molar-refractivity contribution in [2.24, 2.45) is 16.8 Å². The molecule has 0 bridgehead atoms. The Morgan fingerprint density at radius 3 is 2.50 bits per heavy atom. The van der Waals surface area contributed by atoms with E-state index in [0.29, 0.717) is 31.1 Å². The third kappa shape index (κ3) is 9.21. The molecule has 6 nitrogen and oxygen atoms in total. The number of methoxy groups -OCH3 is 1. The van der Waals surface area contributed by atoms with Crippen LogP contribution in [0.5, 0.6) is 0 Å². The molecule has 0 aliphatic carbocycles. The molecule has 0 heterocycles. The van der Waals surface area contributed by atoms with Crippen molar-refractivity contribution in [3.63, 3.8) is 0 Å². The average molecular weight is 259 g/mol. The van der Waals surface area contributed by atoms with E-state index in [-0.39, 0.29) is 0 Å².